The molecule has 0 fully saturated rings. The minimum Gasteiger partial charge on any atom is -0.313 e. The van der Waals surface area contributed by atoms with Gasteiger partial charge in [0.05, 0.1) is 0 Å². The topological polar surface area (TPSA) is 12.0 Å². The molecule has 1 N–H and O–H groups in total. The van der Waals surface area contributed by atoms with Crippen LogP contribution in [-0.4, -0.2) is 12.3 Å². The highest BCUT2D eigenvalue weighted by molar-refractivity contribution is 7.99. The van der Waals surface area contributed by atoms with E-state index in [9.17, 15) is 0 Å². The monoisotopic (exact) mass is 251 g/mol. The lowest BCUT2D eigenvalue weighted by Crippen LogP contribution is -2.12. The summed E-state index contributed by atoms with van der Waals surface area (Å²) < 4.78 is 0. The van der Waals surface area contributed by atoms with Crippen LogP contribution in [0.2, 0.25) is 0 Å². The summed E-state index contributed by atoms with van der Waals surface area (Å²) in [6, 6.07) is 6.79. The Hall–Kier alpha value is -0.470. The standard InChI is InChI=1S/C15H25NS/c1-5-16-11-14-10-13(4)6-7-15(14)17-9-8-12(2)3/h6-7,10,12,16H,5,8-9,11H2,1-4H3. The van der Waals surface area contributed by atoms with Crippen LogP contribution < -0.4 is 5.32 Å². The number of benzene rings is 1. The third-order valence-electron chi connectivity index (χ3n) is 2.73. The average Bonchev–Trinajstić information content (AvgIpc) is 2.28. The van der Waals surface area contributed by atoms with Gasteiger partial charge in [-0.05, 0) is 43.2 Å². The van der Waals surface area contributed by atoms with Gasteiger partial charge in [-0.3, -0.25) is 0 Å². The molecule has 17 heavy (non-hydrogen) atoms. The van der Waals surface area contributed by atoms with Crippen molar-refractivity contribution in [2.45, 2.75) is 45.6 Å². The van der Waals surface area contributed by atoms with Gasteiger partial charge in [-0.15, -0.1) is 11.8 Å². The van der Waals surface area contributed by atoms with Crippen LogP contribution in [-0.2, 0) is 6.54 Å². The molecule has 0 aliphatic carbocycles. The van der Waals surface area contributed by atoms with Gasteiger partial charge < -0.3 is 5.32 Å². The fourth-order valence-electron chi connectivity index (χ4n) is 1.65. The maximum absolute atomic E-state index is 3.42. The van der Waals surface area contributed by atoms with Gasteiger partial charge in [-0.1, -0.05) is 38.5 Å². The summed E-state index contributed by atoms with van der Waals surface area (Å²) in [7, 11) is 0. The fraction of sp³-hybridized carbons (Fsp3) is 0.600. The number of rotatable bonds is 7. The molecule has 0 spiro atoms. The molecule has 96 valence electrons. The quantitative estimate of drug-likeness (QED) is 0.727. The molecule has 0 radical (unpaired) electrons. The van der Waals surface area contributed by atoms with Gasteiger partial charge in [0.15, 0.2) is 0 Å². The molecule has 0 aliphatic heterocycles. The van der Waals surface area contributed by atoms with Gasteiger partial charge in [0.1, 0.15) is 0 Å². The van der Waals surface area contributed by atoms with E-state index in [0.717, 1.165) is 19.0 Å². The Balaban J connectivity index is 2.62. The molecular formula is C15H25NS. The van der Waals surface area contributed by atoms with E-state index in [0.29, 0.717) is 0 Å². The second kappa shape index (κ2) is 7.78. The first-order valence-corrected chi connectivity index (χ1v) is 7.55. The zero-order valence-corrected chi connectivity index (χ0v) is 12.4. The first-order valence-electron chi connectivity index (χ1n) is 6.56. The van der Waals surface area contributed by atoms with E-state index in [2.05, 4.69) is 51.2 Å². The molecule has 0 amide bonds. The highest BCUT2D eigenvalue weighted by Crippen LogP contribution is 2.25. The predicted molar refractivity (Wildman–Crippen MR) is 78.7 cm³/mol. The molecule has 1 aromatic rings. The molecule has 0 bridgehead atoms. The van der Waals surface area contributed by atoms with Crippen molar-refractivity contribution in [3.8, 4) is 0 Å². The molecule has 0 aliphatic rings. The minimum absolute atomic E-state index is 0.796. The van der Waals surface area contributed by atoms with Crippen LogP contribution >= 0.6 is 11.8 Å². The van der Waals surface area contributed by atoms with Crippen LogP contribution in [0.1, 0.15) is 38.3 Å². The van der Waals surface area contributed by atoms with Crippen molar-refractivity contribution in [1.29, 1.82) is 0 Å². The summed E-state index contributed by atoms with van der Waals surface area (Å²) in [6.07, 6.45) is 1.29. The summed E-state index contributed by atoms with van der Waals surface area (Å²) in [4.78, 5) is 1.44. The third-order valence-corrected chi connectivity index (χ3v) is 3.88. The number of hydrogen-bond acceptors (Lipinski definition) is 2. The fourth-order valence-corrected chi connectivity index (χ4v) is 2.94. The van der Waals surface area contributed by atoms with Crippen LogP contribution in [0, 0.1) is 12.8 Å². The molecular weight excluding hydrogens is 226 g/mol. The lowest BCUT2D eigenvalue weighted by Gasteiger charge is -2.11. The molecule has 0 saturated heterocycles. The smallest absolute Gasteiger partial charge is 0.0216 e. The van der Waals surface area contributed by atoms with Crippen molar-refractivity contribution in [3.05, 3.63) is 29.3 Å². The highest BCUT2D eigenvalue weighted by Gasteiger charge is 2.04. The number of nitrogens with one attached hydrogen (secondary N) is 1. The zero-order chi connectivity index (χ0) is 12.7. The summed E-state index contributed by atoms with van der Waals surface area (Å²) in [5.74, 6) is 2.02. The van der Waals surface area contributed by atoms with Crippen molar-refractivity contribution in [3.63, 3.8) is 0 Å². The van der Waals surface area contributed by atoms with Gasteiger partial charge in [0.25, 0.3) is 0 Å². The number of aryl methyl sites for hydroxylation is 1. The molecule has 0 saturated carbocycles. The van der Waals surface area contributed by atoms with Crippen LogP contribution in [0.5, 0.6) is 0 Å². The van der Waals surface area contributed by atoms with Gasteiger partial charge in [-0.25, -0.2) is 0 Å². The number of thioether (sulfide) groups is 1. The van der Waals surface area contributed by atoms with E-state index in [1.807, 2.05) is 11.8 Å². The van der Waals surface area contributed by atoms with Gasteiger partial charge in [-0.2, -0.15) is 0 Å². The van der Waals surface area contributed by atoms with Gasteiger partial charge in [0.2, 0.25) is 0 Å². The van der Waals surface area contributed by atoms with Crippen molar-refractivity contribution < 1.29 is 0 Å². The Bertz CT molecular complexity index is 334. The lowest BCUT2D eigenvalue weighted by atomic mass is 10.1. The second-order valence-electron chi connectivity index (χ2n) is 4.92. The Kier molecular flexibility index (Phi) is 6.68. The van der Waals surface area contributed by atoms with Crippen LogP contribution in [0.25, 0.3) is 0 Å². The van der Waals surface area contributed by atoms with E-state index in [1.54, 1.807) is 0 Å². The molecule has 0 unspecified atom stereocenters. The van der Waals surface area contributed by atoms with Crippen molar-refractivity contribution in [1.82, 2.24) is 5.32 Å². The first-order chi connectivity index (χ1) is 8.13. The van der Waals surface area contributed by atoms with Gasteiger partial charge >= 0.3 is 0 Å². The van der Waals surface area contributed by atoms with Crippen molar-refractivity contribution in [2.24, 2.45) is 5.92 Å². The van der Waals surface area contributed by atoms with Crippen LogP contribution in [0.4, 0.5) is 0 Å². The average molecular weight is 251 g/mol. The Morgan fingerprint density at radius 1 is 1.29 bits per heavy atom. The third kappa shape index (κ3) is 5.60. The Morgan fingerprint density at radius 3 is 2.71 bits per heavy atom. The van der Waals surface area contributed by atoms with Crippen molar-refractivity contribution in [2.75, 3.05) is 12.3 Å². The summed E-state index contributed by atoms with van der Waals surface area (Å²) in [6.45, 7) is 10.9. The van der Waals surface area contributed by atoms with E-state index in [4.69, 9.17) is 0 Å². The molecule has 1 rings (SSSR count). The van der Waals surface area contributed by atoms with Crippen molar-refractivity contribution >= 4 is 11.8 Å². The van der Waals surface area contributed by atoms with E-state index < -0.39 is 0 Å². The van der Waals surface area contributed by atoms with E-state index in [-0.39, 0.29) is 0 Å². The largest absolute Gasteiger partial charge is 0.313 e. The molecule has 1 aromatic carbocycles. The normalized spacial score (nSPS) is 11.1. The summed E-state index contributed by atoms with van der Waals surface area (Å²) in [5, 5.41) is 3.42. The Morgan fingerprint density at radius 2 is 2.06 bits per heavy atom. The highest BCUT2D eigenvalue weighted by atomic mass is 32.2. The molecule has 0 atom stereocenters. The summed E-state index contributed by atoms with van der Waals surface area (Å²) >= 11 is 1.99. The molecule has 1 nitrogen and oxygen atoms in total. The van der Waals surface area contributed by atoms with Crippen LogP contribution in [0.15, 0.2) is 23.1 Å². The van der Waals surface area contributed by atoms with E-state index in [1.165, 1.54) is 28.2 Å². The van der Waals surface area contributed by atoms with Gasteiger partial charge in [0, 0.05) is 11.4 Å². The SMILES string of the molecule is CCNCc1cc(C)ccc1SCCC(C)C. The second-order valence-corrected chi connectivity index (χ2v) is 6.06. The minimum atomic E-state index is 0.796. The molecule has 0 aromatic heterocycles. The summed E-state index contributed by atoms with van der Waals surface area (Å²) in [5.41, 5.74) is 2.80. The Labute approximate surface area is 110 Å². The molecule has 2 heteroatoms. The van der Waals surface area contributed by atoms with Crippen LogP contribution in [0.3, 0.4) is 0 Å². The molecule has 0 heterocycles. The lowest BCUT2D eigenvalue weighted by molar-refractivity contribution is 0.632. The number of hydrogen-bond donors (Lipinski definition) is 1. The first kappa shape index (κ1) is 14.6. The van der Waals surface area contributed by atoms with E-state index >= 15 is 0 Å². The maximum atomic E-state index is 3.42. The predicted octanol–water partition coefficient (Wildman–Crippen LogP) is 4.24. The zero-order valence-electron chi connectivity index (χ0n) is 11.5. The maximum Gasteiger partial charge on any atom is 0.0216 e.